The molecule has 0 saturated heterocycles. The molecule has 2 aromatic carbocycles. The van der Waals surface area contributed by atoms with Crippen molar-refractivity contribution in [2.75, 3.05) is 14.1 Å². The average Bonchev–Trinajstić information content (AvgIpc) is 3.31. The Hall–Kier alpha value is -3.43. The van der Waals surface area contributed by atoms with Crippen LogP contribution in [0.3, 0.4) is 0 Å². The van der Waals surface area contributed by atoms with Gasteiger partial charge in [-0.3, -0.25) is 0 Å². The fourth-order valence-electron chi connectivity index (χ4n) is 2.91. The molecule has 0 saturated carbocycles. The number of hydrogen-bond acceptors (Lipinski definition) is 6. The second kappa shape index (κ2) is 7.19. The van der Waals surface area contributed by atoms with E-state index in [1.165, 1.54) is 24.1 Å². The first kappa shape index (κ1) is 18.9. The van der Waals surface area contributed by atoms with E-state index in [1.54, 1.807) is 48.7 Å². The molecule has 0 fully saturated rings. The van der Waals surface area contributed by atoms with Gasteiger partial charge in [-0.25, -0.2) is 3.97 Å². The molecule has 0 unspecified atom stereocenters. The third-order valence-electron chi connectivity index (χ3n) is 4.41. The molecule has 0 spiro atoms. The van der Waals surface area contributed by atoms with Gasteiger partial charge in [-0.2, -0.15) is 17.7 Å². The summed E-state index contributed by atoms with van der Waals surface area (Å²) in [6.45, 7) is 0. The predicted octanol–water partition coefficient (Wildman–Crippen LogP) is 3.22. The van der Waals surface area contributed by atoms with Crippen molar-refractivity contribution in [3.63, 3.8) is 0 Å². The van der Waals surface area contributed by atoms with Gasteiger partial charge in [0.1, 0.15) is 5.75 Å². The van der Waals surface area contributed by atoms with Crippen molar-refractivity contribution in [3.05, 3.63) is 66.1 Å². The smallest absolute Gasteiger partial charge is 0.307 e. The Labute approximate surface area is 167 Å². The van der Waals surface area contributed by atoms with Crippen molar-refractivity contribution in [2.45, 2.75) is 0 Å². The highest BCUT2D eigenvalue weighted by molar-refractivity contribution is 7.87. The molecule has 0 aliphatic rings. The molecule has 0 radical (unpaired) electrons. The Morgan fingerprint density at radius 3 is 2.55 bits per heavy atom. The monoisotopic (exact) mass is 410 g/mol. The van der Waals surface area contributed by atoms with Crippen molar-refractivity contribution < 1.29 is 18.0 Å². The van der Waals surface area contributed by atoms with E-state index in [0.29, 0.717) is 22.5 Å². The zero-order chi connectivity index (χ0) is 20.6. The number of para-hydroxylation sites is 2. The summed E-state index contributed by atoms with van der Waals surface area (Å²) < 4.78 is 32.9. The SMILES string of the molecule is CN(C)S(=O)(=O)n1cc(C=Cc2noc(-c3ccccc3O)n2)c2ccccc21. The molecule has 4 aromatic rings. The van der Waals surface area contributed by atoms with Crippen LogP contribution in [0.1, 0.15) is 11.4 Å². The number of aromatic nitrogens is 3. The lowest BCUT2D eigenvalue weighted by atomic mass is 10.1. The third kappa shape index (κ3) is 3.41. The first-order valence-corrected chi connectivity index (χ1v) is 10.1. The highest BCUT2D eigenvalue weighted by Gasteiger charge is 2.20. The molecule has 0 bridgehead atoms. The van der Waals surface area contributed by atoms with Crippen LogP contribution in [0.2, 0.25) is 0 Å². The van der Waals surface area contributed by atoms with Crippen LogP contribution in [0.5, 0.6) is 5.75 Å². The molecule has 2 heterocycles. The number of nitrogens with zero attached hydrogens (tertiary/aromatic N) is 4. The van der Waals surface area contributed by atoms with Gasteiger partial charge in [0.25, 0.3) is 5.89 Å². The van der Waals surface area contributed by atoms with Crippen LogP contribution in [0.15, 0.2) is 59.3 Å². The molecule has 4 rings (SSSR count). The van der Waals surface area contributed by atoms with Gasteiger partial charge in [-0.05, 0) is 30.4 Å². The quantitative estimate of drug-likeness (QED) is 0.542. The largest absolute Gasteiger partial charge is 0.507 e. The van der Waals surface area contributed by atoms with Crippen LogP contribution < -0.4 is 0 Å². The molecule has 1 N–H and O–H groups in total. The molecule has 9 heteroatoms. The van der Waals surface area contributed by atoms with Crippen LogP contribution in [0.4, 0.5) is 0 Å². The molecule has 2 aromatic heterocycles. The molecular weight excluding hydrogens is 392 g/mol. The predicted molar refractivity (Wildman–Crippen MR) is 110 cm³/mol. The lowest BCUT2D eigenvalue weighted by Gasteiger charge is -2.12. The van der Waals surface area contributed by atoms with Gasteiger partial charge in [-0.1, -0.05) is 35.5 Å². The van der Waals surface area contributed by atoms with E-state index in [4.69, 9.17) is 4.52 Å². The van der Waals surface area contributed by atoms with E-state index in [2.05, 4.69) is 10.1 Å². The summed E-state index contributed by atoms with van der Waals surface area (Å²) in [6.07, 6.45) is 4.91. The van der Waals surface area contributed by atoms with E-state index < -0.39 is 10.2 Å². The number of hydrogen-bond donors (Lipinski definition) is 1. The fraction of sp³-hybridized carbons (Fsp3) is 0.100. The Morgan fingerprint density at radius 2 is 1.79 bits per heavy atom. The molecule has 8 nitrogen and oxygen atoms in total. The van der Waals surface area contributed by atoms with E-state index in [0.717, 1.165) is 9.69 Å². The lowest BCUT2D eigenvalue weighted by molar-refractivity contribution is 0.423. The van der Waals surface area contributed by atoms with E-state index in [-0.39, 0.29) is 11.6 Å². The van der Waals surface area contributed by atoms with Crippen LogP contribution in [0.25, 0.3) is 34.5 Å². The first-order chi connectivity index (χ1) is 13.9. The molecule has 148 valence electrons. The van der Waals surface area contributed by atoms with E-state index >= 15 is 0 Å². The molecule has 29 heavy (non-hydrogen) atoms. The number of rotatable bonds is 5. The van der Waals surface area contributed by atoms with Gasteiger partial charge in [0.15, 0.2) is 5.82 Å². The van der Waals surface area contributed by atoms with Crippen LogP contribution in [-0.2, 0) is 10.2 Å². The minimum atomic E-state index is -3.66. The number of phenolic OH excluding ortho intramolecular Hbond substituents is 1. The average molecular weight is 410 g/mol. The standard InChI is InChI=1S/C20H18N4O4S/c1-23(2)29(26,27)24-13-14(15-7-3-5-9-17(15)24)11-12-19-21-20(28-22-19)16-8-4-6-10-18(16)25/h3-13,25H,1-2H3. The Kier molecular flexibility index (Phi) is 4.69. The summed E-state index contributed by atoms with van der Waals surface area (Å²) >= 11 is 0. The maximum absolute atomic E-state index is 12.6. The van der Waals surface area contributed by atoms with Gasteiger partial charge >= 0.3 is 10.2 Å². The van der Waals surface area contributed by atoms with Gasteiger partial charge in [0.2, 0.25) is 0 Å². The highest BCUT2D eigenvalue weighted by Crippen LogP contribution is 2.28. The van der Waals surface area contributed by atoms with Crippen molar-refractivity contribution in [1.29, 1.82) is 0 Å². The van der Waals surface area contributed by atoms with E-state index in [1.807, 2.05) is 12.1 Å². The number of fused-ring (bicyclic) bond motifs is 1. The molecule has 0 aliphatic heterocycles. The fourth-order valence-corrected chi connectivity index (χ4v) is 3.91. The maximum atomic E-state index is 12.6. The summed E-state index contributed by atoms with van der Waals surface area (Å²) in [7, 11) is -0.693. The zero-order valence-electron chi connectivity index (χ0n) is 15.7. The van der Waals surface area contributed by atoms with Crippen LogP contribution in [-0.4, -0.2) is 46.0 Å². The van der Waals surface area contributed by atoms with Crippen molar-refractivity contribution in [3.8, 4) is 17.2 Å². The summed E-state index contributed by atoms with van der Waals surface area (Å²) in [5.41, 5.74) is 1.71. The second-order valence-corrected chi connectivity index (χ2v) is 8.52. The molecular formula is C20H18N4O4S. The number of phenols is 1. The Balaban J connectivity index is 1.72. The van der Waals surface area contributed by atoms with Crippen molar-refractivity contribution in [2.24, 2.45) is 0 Å². The van der Waals surface area contributed by atoms with Gasteiger partial charge in [0, 0.05) is 31.2 Å². The van der Waals surface area contributed by atoms with Crippen LogP contribution >= 0.6 is 0 Å². The van der Waals surface area contributed by atoms with Gasteiger partial charge in [-0.15, -0.1) is 0 Å². The highest BCUT2D eigenvalue weighted by atomic mass is 32.2. The molecule has 0 atom stereocenters. The van der Waals surface area contributed by atoms with Gasteiger partial charge in [0.05, 0.1) is 11.1 Å². The summed E-state index contributed by atoms with van der Waals surface area (Å²) in [5, 5.41) is 14.6. The number of benzene rings is 2. The summed E-state index contributed by atoms with van der Waals surface area (Å²) in [6, 6.07) is 13.9. The third-order valence-corrected chi connectivity index (χ3v) is 6.13. The number of aromatic hydroxyl groups is 1. The zero-order valence-corrected chi connectivity index (χ0v) is 16.5. The Bertz CT molecular complexity index is 1320. The summed E-state index contributed by atoms with van der Waals surface area (Å²) in [5.74, 6) is 0.541. The summed E-state index contributed by atoms with van der Waals surface area (Å²) in [4.78, 5) is 4.26. The minimum Gasteiger partial charge on any atom is -0.507 e. The molecule has 0 aliphatic carbocycles. The minimum absolute atomic E-state index is 0.0450. The molecule has 0 amide bonds. The van der Waals surface area contributed by atoms with Crippen molar-refractivity contribution in [1.82, 2.24) is 18.4 Å². The second-order valence-electron chi connectivity index (χ2n) is 6.50. The topological polar surface area (TPSA) is 101 Å². The Morgan fingerprint density at radius 1 is 1.07 bits per heavy atom. The lowest BCUT2D eigenvalue weighted by Crippen LogP contribution is -2.28. The van der Waals surface area contributed by atoms with E-state index in [9.17, 15) is 13.5 Å². The van der Waals surface area contributed by atoms with Crippen LogP contribution in [0, 0.1) is 0 Å². The van der Waals surface area contributed by atoms with Gasteiger partial charge < -0.3 is 9.63 Å². The first-order valence-electron chi connectivity index (χ1n) is 8.71. The van der Waals surface area contributed by atoms with Crippen molar-refractivity contribution >= 4 is 33.3 Å². The maximum Gasteiger partial charge on any atom is 0.307 e. The normalized spacial score (nSPS) is 12.4.